The number of anilines is 3. The van der Waals surface area contributed by atoms with Crippen LogP contribution in [-0.4, -0.2) is 4.57 Å². The van der Waals surface area contributed by atoms with Crippen molar-refractivity contribution in [2.75, 3.05) is 4.90 Å². The molecule has 2 fully saturated rings. The second-order valence-corrected chi connectivity index (χ2v) is 18.2. The van der Waals surface area contributed by atoms with Gasteiger partial charge in [0, 0.05) is 38.9 Å². The summed E-state index contributed by atoms with van der Waals surface area (Å²) in [4.78, 5) is 2.51. The van der Waals surface area contributed by atoms with E-state index in [0.29, 0.717) is 11.8 Å². The molecule has 8 aromatic rings. The first-order valence-corrected chi connectivity index (χ1v) is 22.4. The number of hydrogen-bond donors (Lipinski definition) is 0. The zero-order valence-corrected chi connectivity index (χ0v) is 34.6. The molecule has 0 radical (unpaired) electrons. The van der Waals surface area contributed by atoms with Gasteiger partial charge in [-0.1, -0.05) is 149 Å². The maximum atomic E-state index is 2.53. The van der Waals surface area contributed by atoms with E-state index >= 15 is 0 Å². The van der Waals surface area contributed by atoms with Gasteiger partial charge in [0.25, 0.3) is 0 Å². The highest BCUT2D eigenvalue weighted by Crippen LogP contribution is 2.55. The van der Waals surface area contributed by atoms with Gasteiger partial charge in [-0.2, -0.15) is 0 Å². The van der Waals surface area contributed by atoms with Gasteiger partial charge in [0.2, 0.25) is 0 Å². The number of nitrogens with zero attached hydrogens (tertiary/aromatic N) is 2. The van der Waals surface area contributed by atoms with Crippen LogP contribution >= 0.6 is 0 Å². The number of para-hydroxylation sites is 1. The van der Waals surface area contributed by atoms with E-state index in [-0.39, 0.29) is 5.41 Å². The molecular formula is C57H54N2. The summed E-state index contributed by atoms with van der Waals surface area (Å²) in [7, 11) is 0. The van der Waals surface area contributed by atoms with Gasteiger partial charge in [-0.25, -0.2) is 0 Å². The molecule has 0 saturated heterocycles. The third-order valence-electron chi connectivity index (χ3n) is 14.4. The SMILES string of the molecule is CC1(C)c2cc(N(c3ccc(C4CCCCC4)cc3)c3ccc(C4CCCCC4)cc3)ccc2-c2ccc3c4cc(-c5ccccc5)ccc4n(-c4ccccc4)c3c21. The summed E-state index contributed by atoms with van der Waals surface area (Å²) in [5.41, 5.74) is 18.1. The number of aromatic nitrogens is 1. The summed E-state index contributed by atoms with van der Waals surface area (Å²) in [6.07, 6.45) is 13.4. The molecule has 2 nitrogen and oxygen atoms in total. The van der Waals surface area contributed by atoms with Crippen LogP contribution in [0.15, 0.2) is 158 Å². The van der Waals surface area contributed by atoms with Crippen molar-refractivity contribution in [1.29, 1.82) is 0 Å². The lowest BCUT2D eigenvalue weighted by molar-refractivity contribution is 0.443. The fourth-order valence-corrected chi connectivity index (χ4v) is 11.3. The molecule has 0 amide bonds. The van der Waals surface area contributed by atoms with Crippen molar-refractivity contribution in [2.24, 2.45) is 0 Å². The van der Waals surface area contributed by atoms with Gasteiger partial charge in [-0.15, -0.1) is 0 Å². The molecule has 2 saturated carbocycles. The lowest BCUT2D eigenvalue weighted by Crippen LogP contribution is -2.18. The molecule has 292 valence electrons. The topological polar surface area (TPSA) is 8.17 Å². The van der Waals surface area contributed by atoms with E-state index in [1.807, 2.05) is 0 Å². The van der Waals surface area contributed by atoms with Crippen molar-refractivity contribution >= 4 is 38.9 Å². The van der Waals surface area contributed by atoms with E-state index in [1.54, 1.807) is 0 Å². The van der Waals surface area contributed by atoms with Crippen molar-refractivity contribution in [3.63, 3.8) is 0 Å². The smallest absolute Gasteiger partial charge is 0.0588 e. The molecule has 0 spiro atoms. The van der Waals surface area contributed by atoms with Crippen LogP contribution in [0.4, 0.5) is 17.1 Å². The minimum atomic E-state index is -0.245. The normalized spacial score (nSPS) is 16.6. The Morgan fingerprint density at radius 1 is 0.475 bits per heavy atom. The third-order valence-corrected chi connectivity index (χ3v) is 14.4. The van der Waals surface area contributed by atoms with E-state index in [4.69, 9.17) is 0 Å². The molecule has 1 heterocycles. The molecule has 59 heavy (non-hydrogen) atoms. The molecule has 2 heteroatoms. The van der Waals surface area contributed by atoms with E-state index < -0.39 is 0 Å². The third kappa shape index (κ3) is 6.22. The van der Waals surface area contributed by atoms with Crippen LogP contribution in [0, 0.1) is 0 Å². The van der Waals surface area contributed by atoms with Crippen LogP contribution in [0.5, 0.6) is 0 Å². The van der Waals surface area contributed by atoms with E-state index in [1.165, 1.54) is 153 Å². The van der Waals surface area contributed by atoms with Crippen molar-refractivity contribution < 1.29 is 0 Å². The van der Waals surface area contributed by atoms with Crippen LogP contribution in [0.2, 0.25) is 0 Å². The van der Waals surface area contributed by atoms with Crippen LogP contribution in [0.1, 0.15) is 112 Å². The average Bonchev–Trinajstić information content (AvgIpc) is 3.75. The fourth-order valence-electron chi connectivity index (χ4n) is 11.3. The van der Waals surface area contributed by atoms with Gasteiger partial charge in [-0.3, -0.25) is 0 Å². The first-order chi connectivity index (χ1) is 29.0. The fraction of sp³-hybridized carbons (Fsp3) is 0.263. The van der Waals surface area contributed by atoms with Crippen LogP contribution in [-0.2, 0) is 5.41 Å². The predicted octanol–water partition coefficient (Wildman–Crippen LogP) is 16.3. The summed E-state index contributed by atoms with van der Waals surface area (Å²) < 4.78 is 2.53. The first-order valence-electron chi connectivity index (χ1n) is 22.4. The minimum Gasteiger partial charge on any atom is -0.310 e. The summed E-state index contributed by atoms with van der Waals surface area (Å²) in [5.74, 6) is 1.38. The number of hydrogen-bond acceptors (Lipinski definition) is 1. The molecule has 0 bridgehead atoms. The van der Waals surface area contributed by atoms with Gasteiger partial charge in [0.05, 0.1) is 11.0 Å². The Morgan fingerprint density at radius 3 is 1.64 bits per heavy atom. The highest BCUT2D eigenvalue weighted by molar-refractivity contribution is 6.14. The van der Waals surface area contributed by atoms with Crippen molar-refractivity contribution in [1.82, 2.24) is 4.57 Å². The molecule has 0 aliphatic heterocycles. The highest BCUT2D eigenvalue weighted by atomic mass is 15.1. The highest BCUT2D eigenvalue weighted by Gasteiger charge is 2.39. The second kappa shape index (κ2) is 14.8. The Bertz CT molecular complexity index is 2720. The molecule has 3 aliphatic carbocycles. The van der Waals surface area contributed by atoms with Crippen molar-refractivity contribution in [3.8, 4) is 27.9 Å². The van der Waals surface area contributed by atoms with Gasteiger partial charge in [0.1, 0.15) is 0 Å². The molecule has 0 N–H and O–H groups in total. The Hall–Kier alpha value is -5.86. The Balaban J connectivity index is 1.05. The number of benzene rings is 7. The maximum Gasteiger partial charge on any atom is 0.0588 e. The van der Waals surface area contributed by atoms with Gasteiger partial charge in [-0.05, 0) is 143 Å². The van der Waals surface area contributed by atoms with Gasteiger partial charge < -0.3 is 9.47 Å². The zero-order valence-electron chi connectivity index (χ0n) is 34.6. The quantitative estimate of drug-likeness (QED) is 0.157. The Kier molecular flexibility index (Phi) is 9.06. The largest absolute Gasteiger partial charge is 0.310 e. The number of fused-ring (bicyclic) bond motifs is 7. The summed E-state index contributed by atoms with van der Waals surface area (Å²) in [6.45, 7) is 4.90. The van der Waals surface area contributed by atoms with Crippen molar-refractivity contribution in [2.45, 2.75) is 95.3 Å². The Labute approximate surface area is 350 Å². The van der Waals surface area contributed by atoms with E-state index in [0.717, 1.165) is 0 Å². The lowest BCUT2D eigenvalue weighted by Gasteiger charge is -2.29. The number of rotatable bonds is 7. The molecule has 0 atom stereocenters. The van der Waals surface area contributed by atoms with Gasteiger partial charge >= 0.3 is 0 Å². The van der Waals surface area contributed by atoms with Crippen LogP contribution in [0.25, 0.3) is 49.7 Å². The molecule has 1 aromatic heterocycles. The Morgan fingerprint density at radius 2 is 1.03 bits per heavy atom. The van der Waals surface area contributed by atoms with E-state index in [2.05, 4.69) is 181 Å². The molecule has 11 rings (SSSR count). The lowest BCUT2D eigenvalue weighted by atomic mass is 9.81. The average molecular weight is 767 g/mol. The maximum absolute atomic E-state index is 2.53. The minimum absolute atomic E-state index is 0.245. The van der Waals surface area contributed by atoms with Crippen LogP contribution < -0.4 is 4.90 Å². The first kappa shape index (κ1) is 36.2. The molecule has 7 aromatic carbocycles. The summed E-state index contributed by atoms with van der Waals surface area (Å²) in [6, 6.07) is 60.1. The summed E-state index contributed by atoms with van der Waals surface area (Å²) in [5, 5.41) is 2.60. The predicted molar refractivity (Wildman–Crippen MR) is 250 cm³/mol. The van der Waals surface area contributed by atoms with Crippen LogP contribution in [0.3, 0.4) is 0 Å². The molecule has 3 aliphatic rings. The van der Waals surface area contributed by atoms with Crippen molar-refractivity contribution in [3.05, 3.63) is 180 Å². The zero-order chi connectivity index (χ0) is 39.5. The second-order valence-electron chi connectivity index (χ2n) is 18.2. The molecular weight excluding hydrogens is 713 g/mol. The molecule has 0 unspecified atom stereocenters. The summed E-state index contributed by atoms with van der Waals surface area (Å²) >= 11 is 0. The monoisotopic (exact) mass is 766 g/mol. The van der Waals surface area contributed by atoms with E-state index in [9.17, 15) is 0 Å². The standard InChI is InChI=1S/C57H54N2/c1-57(2)53-38-48(58(46-28-23-42(24-29-46)39-15-7-3-8-16-39)47-30-25-43(26-31-47)40-17-9-4-10-18-40)32-33-49(53)50-34-35-51-52-37-44(41-19-11-5-12-20-41)27-36-54(52)59(56(51)55(50)57)45-21-13-6-14-22-45/h5-6,11-14,19-40H,3-4,7-10,15-18H2,1-2H3. The van der Waals surface area contributed by atoms with Gasteiger partial charge in [0.15, 0.2) is 0 Å².